The number of hydrogen-bond acceptors (Lipinski definition) is 15. The van der Waals surface area contributed by atoms with Crippen LogP contribution in [0, 0.1) is 27.9 Å². The molecule has 1 saturated carbocycles. The van der Waals surface area contributed by atoms with Crippen LogP contribution in [0.1, 0.15) is 82.8 Å². The van der Waals surface area contributed by atoms with E-state index in [1.54, 1.807) is 65.6 Å². The minimum Gasteiger partial charge on any atom is -0.497 e. The number of aliphatic hydroxyl groups excluding tert-OH is 3. The third kappa shape index (κ3) is 13.4. The largest absolute Gasteiger partial charge is 0.497 e. The van der Waals surface area contributed by atoms with Gasteiger partial charge in [-0.25, -0.2) is 4.79 Å². The van der Waals surface area contributed by atoms with Gasteiger partial charge in [0, 0.05) is 61.9 Å². The molecule has 2 amide bonds. The zero-order valence-corrected chi connectivity index (χ0v) is 41.3. The normalized spacial score (nSPS) is 21.8. The van der Waals surface area contributed by atoms with Crippen molar-refractivity contribution in [3.8, 4) is 23.0 Å². The molecule has 6 rings (SSSR count). The van der Waals surface area contributed by atoms with Crippen molar-refractivity contribution in [3.63, 3.8) is 0 Å². The number of ether oxygens (including phenoxy) is 6. The van der Waals surface area contributed by atoms with Crippen LogP contribution in [0.2, 0.25) is 0 Å². The molecular formula is C53H68N4O14. The van der Waals surface area contributed by atoms with E-state index in [0.29, 0.717) is 66.3 Å². The maximum Gasteiger partial charge on any atom is 0.417 e. The number of carbonyl (C=O) groups is 2. The predicted octanol–water partition coefficient (Wildman–Crippen LogP) is 8.21. The van der Waals surface area contributed by atoms with Crippen LogP contribution in [0.5, 0.6) is 23.0 Å². The highest BCUT2D eigenvalue weighted by molar-refractivity contribution is 6.03. The molecule has 0 bridgehead atoms. The van der Waals surface area contributed by atoms with Gasteiger partial charge in [0.25, 0.3) is 5.69 Å². The van der Waals surface area contributed by atoms with Crippen molar-refractivity contribution in [2.75, 3.05) is 65.7 Å². The summed E-state index contributed by atoms with van der Waals surface area (Å²) >= 11 is 0. The van der Waals surface area contributed by atoms with Crippen molar-refractivity contribution in [2.45, 2.75) is 89.1 Å². The average Bonchev–Trinajstić information content (AvgIpc) is 3.35. The second kappa shape index (κ2) is 25.2. The Hall–Kier alpha value is -6.31. The molecule has 71 heavy (non-hydrogen) atoms. The maximum atomic E-state index is 14.9. The molecule has 4 N–H and O–H groups in total. The van der Waals surface area contributed by atoms with Crippen LogP contribution in [0.3, 0.4) is 0 Å². The van der Waals surface area contributed by atoms with Gasteiger partial charge in [-0.05, 0) is 118 Å². The third-order valence-corrected chi connectivity index (χ3v) is 12.8. The lowest BCUT2D eigenvalue weighted by atomic mass is 9.55. The van der Waals surface area contributed by atoms with Gasteiger partial charge in [0.05, 0.1) is 62.9 Å². The highest BCUT2D eigenvalue weighted by Crippen LogP contribution is 2.62. The first-order valence-electron chi connectivity index (χ1n) is 24.1. The summed E-state index contributed by atoms with van der Waals surface area (Å²) in [6.45, 7) is 9.57. The number of nitrogens with one attached hydrogen (secondary N) is 1. The number of rotatable bonds is 25. The summed E-state index contributed by atoms with van der Waals surface area (Å²) < 4.78 is 37.0. The number of non-ortho nitro benzene ring substituents is 1. The summed E-state index contributed by atoms with van der Waals surface area (Å²) in [6.07, 6.45) is 10.1. The smallest absolute Gasteiger partial charge is 0.417 e. The van der Waals surface area contributed by atoms with Crippen molar-refractivity contribution in [1.29, 1.82) is 0 Å². The van der Waals surface area contributed by atoms with Crippen LogP contribution in [0.4, 0.5) is 16.2 Å². The molecule has 3 aliphatic rings. The molecule has 18 nitrogen and oxygen atoms in total. The van der Waals surface area contributed by atoms with E-state index in [9.17, 15) is 35.0 Å². The molecule has 6 atom stereocenters. The SMILES string of the molecule is C=CCOC12Oc3ccc(OC(=O)Nc4ccc(OC)cc4OC)cc3C3C(CCCCO)C(CCCCO)C=C(C(=NOC(C)(C)C)CC1N(CCOCCO)C(=O)C=Cc1ccc([N+](=O)[O-])cc1)C32. The number of allylic oxidation sites excluding steroid dienone is 1. The van der Waals surface area contributed by atoms with Gasteiger partial charge in [-0.1, -0.05) is 30.1 Å². The Morgan fingerprint density at radius 2 is 1.69 bits per heavy atom. The van der Waals surface area contributed by atoms with Crippen molar-refractivity contribution < 1.29 is 63.1 Å². The molecule has 1 heterocycles. The maximum absolute atomic E-state index is 14.9. The summed E-state index contributed by atoms with van der Waals surface area (Å²) in [4.78, 5) is 47.4. The van der Waals surface area contributed by atoms with Gasteiger partial charge >= 0.3 is 6.09 Å². The number of benzene rings is 3. The van der Waals surface area contributed by atoms with Crippen LogP contribution in [0.15, 0.2) is 96.2 Å². The van der Waals surface area contributed by atoms with E-state index < -0.39 is 46.2 Å². The lowest BCUT2D eigenvalue weighted by Crippen LogP contribution is -2.70. The van der Waals surface area contributed by atoms with Gasteiger partial charge in [0.1, 0.15) is 34.6 Å². The zero-order chi connectivity index (χ0) is 51.1. The zero-order valence-electron chi connectivity index (χ0n) is 41.3. The molecule has 3 aromatic carbocycles. The van der Waals surface area contributed by atoms with E-state index in [4.69, 9.17) is 38.4 Å². The highest BCUT2D eigenvalue weighted by atomic mass is 16.7. The number of aliphatic hydroxyl groups is 3. The molecule has 2 aliphatic carbocycles. The van der Waals surface area contributed by atoms with E-state index in [2.05, 4.69) is 18.0 Å². The molecule has 0 spiro atoms. The first-order valence-corrected chi connectivity index (χ1v) is 24.1. The minimum atomic E-state index is -1.62. The van der Waals surface area contributed by atoms with Crippen molar-refractivity contribution in [2.24, 2.45) is 22.9 Å². The molecule has 3 aromatic rings. The molecule has 18 heteroatoms. The van der Waals surface area contributed by atoms with E-state index >= 15 is 0 Å². The number of methoxy groups -OCH3 is 2. The number of nitro benzene ring substituents is 1. The fraction of sp³-hybridized carbons (Fsp3) is 0.491. The quantitative estimate of drug-likeness (QED) is 0.0206. The standard InChI is InChI=1S/C53H68N4O14/c1-7-28-68-53-47(56(24-29-67-30-27-60)48(61)23-16-35-14-17-37(18-15-35)57(63)64)34-44(55-71-52(2,3)4)41-31-36(12-8-10-25-58)40(13-9-11-26-59)49(50(41)53)42-32-39(20-22-45(42)70-53)69-51(62)54-43-21-19-38(65-5)33-46(43)66-6/h7,14-23,31-33,36,40,47,49-50,58-60H,1,8-13,24-30,34H2,2-6H3,(H,54,62). The van der Waals surface area contributed by atoms with Crippen LogP contribution in [-0.4, -0.2) is 121 Å². The molecule has 1 aliphatic heterocycles. The van der Waals surface area contributed by atoms with E-state index in [1.165, 1.54) is 32.4 Å². The van der Waals surface area contributed by atoms with Crippen molar-refractivity contribution in [3.05, 3.63) is 112 Å². The Morgan fingerprint density at radius 1 is 0.958 bits per heavy atom. The van der Waals surface area contributed by atoms with Gasteiger partial charge < -0.3 is 53.5 Å². The van der Waals surface area contributed by atoms with Crippen molar-refractivity contribution in [1.82, 2.24) is 4.90 Å². The van der Waals surface area contributed by atoms with Crippen LogP contribution < -0.4 is 24.3 Å². The number of fused-ring (bicyclic) bond motifs is 2. The Morgan fingerprint density at radius 3 is 2.35 bits per heavy atom. The number of oxime groups is 1. The fourth-order valence-corrected chi connectivity index (χ4v) is 9.77. The highest BCUT2D eigenvalue weighted by Gasteiger charge is 2.65. The number of carbonyl (C=O) groups excluding carboxylic acids is 2. The third-order valence-electron chi connectivity index (χ3n) is 12.8. The number of nitro groups is 1. The van der Waals surface area contributed by atoms with Gasteiger partial charge in [-0.2, -0.15) is 0 Å². The van der Waals surface area contributed by atoms with E-state index in [0.717, 1.165) is 17.6 Å². The monoisotopic (exact) mass is 984 g/mol. The second-order valence-corrected chi connectivity index (χ2v) is 18.6. The molecule has 6 unspecified atom stereocenters. The first kappa shape index (κ1) is 54.0. The summed E-state index contributed by atoms with van der Waals surface area (Å²) in [7, 11) is 3.01. The minimum absolute atomic E-state index is 0.00107. The summed E-state index contributed by atoms with van der Waals surface area (Å²) in [6, 6.07) is 15.1. The number of hydrogen-bond donors (Lipinski definition) is 4. The Balaban J connectivity index is 1.55. The van der Waals surface area contributed by atoms with Crippen LogP contribution >= 0.6 is 0 Å². The molecule has 0 saturated heterocycles. The summed E-state index contributed by atoms with van der Waals surface area (Å²) in [5.74, 6) is -1.81. The lowest BCUT2D eigenvalue weighted by molar-refractivity contribution is -0.384. The molecule has 1 fully saturated rings. The fourth-order valence-electron chi connectivity index (χ4n) is 9.77. The molecule has 0 aromatic heterocycles. The van der Waals surface area contributed by atoms with Gasteiger partial charge in [0.15, 0.2) is 0 Å². The van der Waals surface area contributed by atoms with Crippen molar-refractivity contribution >= 4 is 35.2 Å². The van der Waals surface area contributed by atoms with Crippen LogP contribution in [0.25, 0.3) is 6.08 Å². The molecular weight excluding hydrogens is 917 g/mol. The Labute approximate surface area is 415 Å². The van der Waals surface area contributed by atoms with Crippen LogP contribution in [-0.2, 0) is 19.1 Å². The van der Waals surface area contributed by atoms with Gasteiger partial charge in [-0.15, -0.1) is 6.58 Å². The van der Waals surface area contributed by atoms with Gasteiger partial charge in [0.2, 0.25) is 11.7 Å². The number of nitrogens with zero attached hydrogens (tertiary/aromatic N) is 3. The second-order valence-electron chi connectivity index (χ2n) is 18.6. The summed E-state index contributed by atoms with van der Waals surface area (Å²) in [5.41, 5.74) is 2.21. The Bertz CT molecular complexity index is 2400. The number of unbranched alkanes of at least 4 members (excludes halogenated alkanes) is 2. The number of amides is 2. The topological polar surface area (TPSA) is 230 Å². The summed E-state index contributed by atoms with van der Waals surface area (Å²) in [5, 5.41) is 48.7. The average molecular weight is 985 g/mol. The first-order chi connectivity index (χ1) is 34.2. The van der Waals surface area contributed by atoms with E-state index in [1.807, 2.05) is 20.8 Å². The van der Waals surface area contributed by atoms with Gasteiger partial charge in [-0.3, -0.25) is 20.2 Å². The van der Waals surface area contributed by atoms with E-state index in [-0.39, 0.29) is 75.9 Å². The lowest BCUT2D eigenvalue weighted by Gasteiger charge is -2.60. The molecule has 0 radical (unpaired) electrons. The Kier molecular flexibility index (Phi) is 19.2. The number of anilines is 1. The molecule has 384 valence electrons. The predicted molar refractivity (Wildman–Crippen MR) is 267 cm³/mol.